The van der Waals surface area contributed by atoms with Crippen molar-refractivity contribution in [3.63, 3.8) is 0 Å². The molecule has 0 aliphatic carbocycles. The number of benzene rings is 1. The third-order valence-corrected chi connectivity index (χ3v) is 6.21. The zero-order valence-corrected chi connectivity index (χ0v) is 19.5. The summed E-state index contributed by atoms with van der Waals surface area (Å²) in [7, 11) is -4.19. The number of hydrogen-bond acceptors (Lipinski definition) is 10. The third-order valence-electron chi connectivity index (χ3n) is 5.44. The Bertz CT molecular complexity index is 1310. The highest BCUT2D eigenvalue weighted by Crippen LogP contribution is 2.39. The maximum Gasteiger partial charge on any atom is 0.329 e. The number of nitrogen functional groups attached to an aromatic ring is 1. The van der Waals surface area contributed by atoms with Gasteiger partial charge in [-0.25, -0.2) is 15.0 Å². The molecule has 4 rings (SSSR count). The summed E-state index contributed by atoms with van der Waals surface area (Å²) in [6.07, 6.45) is -3.58. The van der Waals surface area contributed by atoms with Crippen LogP contribution in [0.25, 0.3) is 11.2 Å². The highest BCUT2D eigenvalue weighted by molar-refractivity contribution is 7.50. The van der Waals surface area contributed by atoms with Gasteiger partial charge in [0.25, 0.3) is 5.91 Å². The molecule has 1 aliphatic heterocycles. The summed E-state index contributed by atoms with van der Waals surface area (Å²) in [5, 5.41) is 25.9. The maximum absolute atomic E-state index is 12.6. The summed E-state index contributed by atoms with van der Waals surface area (Å²) in [5.41, 5.74) is 7.12. The van der Waals surface area contributed by atoms with Crippen LogP contribution >= 0.6 is 7.60 Å². The number of aliphatic hydroxyl groups excluding tert-OH is 2. The fraction of sp³-hybridized carbons (Fsp3) is 0.350. The average Bonchev–Trinajstić information content (AvgIpc) is 3.36. The SMILES string of the molecule is Nc1ncnc2c1ncn2[C@@H]1O[C@H](C(=O)NCCC(=O)Nc2ccc(CP(=O)(O)O)cc2)[C@H](O)[C@@H]1O. The van der Waals surface area contributed by atoms with Gasteiger partial charge in [0, 0.05) is 18.7 Å². The molecule has 1 fully saturated rings. The van der Waals surface area contributed by atoms with E-state index >= 15 is 0 Å². The molecule has 0 bridgehead atoms. The van der Waals surface area contributed by atoms with Crippen LogP contribution in [0.3, 0.4) is 0 Å². The van der Waals surface area contributed by atoms with Crippen molar-refractivity contribution in [1.29, 1.82) is 0 Å². The van der Waals surface area contributed by atoms with Gasteiger partial charge in [-0.15, -0.1) is 0 Å². The van der Waals surface area contributed by atoms with Crippen molar-refractivity contribution in [2.75, 3.05) is 17.6 Å². The number of anilines is 2. The molecule has 3 aromatic rings. The van der Waals surface area contributed by atoms with Crippen molar-refractivity contribution in [2.45, 2.75) is 37.1 Å². The number of aromatic nitrogens is 4. The van der Waals surface area contributed by atoms with E-state index in [4.69, 9.17) is 20.3 Å². The Morgan fingerprint density at radius 3 is 2.53 bits per heavy atom. The van der Waals surface area contributed by atoms with Crippen LogP contribution in [0.5, 0.6) is 0 Å². The number of hydrogen-bond donors (Lipinski definition) is 7. The molecular weight excluding hydrogens is 497 g/mol. The molecule has 192 valence electrons. The molecule has 0 spiro atoms. The number of nitrogens with zero attached hydrogens (tertiary/aromatic N) is 4. The van der Waals surface area contributed by atoms with Crippen LogP contribution in [-0.4, -0.2) is 76.2 Å². The molecule has 2 aromatic heterocycles. The first-order chi connectivity index (χ1) is 17.0. The molecule has 36 heavy (non-hydrogen) atoms. The van der Waals surface area contributed by atoms with Gasteiger partial charge in [-0.2, -0.15) is 0 Å². The summed E-state index contributed by atoms with van der Waals surface area (Å²) in [6.45, 7) is -0.0773. The minimum absolute atomic E-state index is 0.0773. The zero-order valence-electron chi connectivity index (χ0n) is 18.6. The van der Waals surface area contributed by atoms with E-state index in [9.17, 15) is 24.4 Å². The van der Waals surface area contributed by atoms with Crippen LogP contribution in [0, 0.1) is 0 Å². The Balaban J connectivity index is 1.29. The summed E-state index contributed by atoms with van der Waals surface area (Å²) in [6, 6.07) is 5.98. The molecule has 0 radical (unpaired) electrons. The van der Waals surface area contributed by atoms with E-state index in [1.165, 1.54) is 41.5 Å². The van der Waals surface area contributed by atoms with E-state index in [0.717, 1.165) is 0 Å². The zero-order chi connectivity index (χ0) is 26.0. The van der Waals surface area contributed by atoms with E-state index in [0.29, 0.717) is 11.3 Å². The fourth-order valence-corrected chi connectivity index (χ4v) is 4.40. The Kier molecular flexibility index (Phi) is 7.31. The minimum atomic E-state index is -4.19. The molecule has 1 saturated heterocycles. The van der Waals surface area contributed by atoms with E-state index in [-0.39, 0.29) is 29.9 Å². The number of imidazole rings is 1. The average molecular weight is 521 g/mol. The lowest BCUT2D eigenvalue weighted by Crippen LogP contribution is -2.43. The molecule has 0 saturated carbocycles. The number of nitrogens with two attached hydrogens (primary N) is 1. The van der Waals surface area contributed by atoms with E-state index in [2.05, 4.69) is 25.6 Å². The topological polar surface area (TPSA) is 235 Å². The van der Waals surface area contributed by atoms with Gasteiger partial charge < -0.3 is 41.1 Å². The molecular formula is C20H24N7O8P. The lowest BCUT2D eigenvalue weighted by molar-refractivity contribution is -0.137. The van der Waals surface area contributed by atoms with Gasteiger partial charge in [-0.05, 0) is 17.7 Å². The second kappa shape index (κ2) is 10.3. The lowest BCUT2D eigenvalue weighted by Gasteiger charge is -2.16. The molecule has 3 heterocycles. The molecule has 4 atom stereocenters. The Hall–Kier alpha value is -3.46. The van der Waals surface area contributed by atoms with Gasteiger partial charge in [-0.1, -0.05) is 12.1 Å². The normalized spacial score (nSPS) is 22.0. The van der Waals surface area contributed by atoms with Crippen molar-refractivity contribution >= 4 is 42.1 Å². The summed E-state index contributed by atoms with van der Waals surface area (Å²) in [4.78, 5) is 54.7. The van der Waals surface area contributed by atoms with Crippen molar-refractivity contribution in [1.82, 2.24) is 24.8 Å². The van der Waals surface area contributed by atoms with Crippen molar-refractivity contribution in [3.05, 3.63) is 42.5 Å². The maximum atomic E-state index is 12.6. The highest BCUT2D eigenvalue weighted by atomic mass is 31.2. The molecule has 0 unspecified atom stereocenters. The van der Waals surface area contributed by atoms with Gasteiger partial charge in [0.2, 0.25) is 5.91 Å². The number of fused-ring (bicyclic) bond motifs is 1. The predicted octanol–water partition coefficient (Wildman–Crippen LogP) is -1.15. The first kappa shape index (κ1) is 25.6. The van der Waals surface area contributed by atoms with Gasteiger partial charge in [-0.3, -0.25) is 18.7 Å². The predicted molar refractivity (Wildman–Crippen MR) is 124 cm³/mol. The minimum Gasteiger partial charge on any atom is -0.387 e. The number of carbonyl (C=O) groups excluding carboxylic acids is 2. The smallest absolute Gasteiger partial charge is 0.329 e. The van der Waals surface area contributed by atoms with Crippen molar-refractivity contribution in [3.8, 4) is 0 Å². The molecule has 8 N–H and O–H groups in total. The Labute approximate surface area is 203 Å². The number of ether oxygens (including phenoxy) is 1. The van der Waals surface area contributed by atoms with Crippen LogP contribution < -0.4 is 16.4 Å². The Morgan fingerprint density at radius 2 is 1.83 bits per heavy atom. The summed E-state index contributed by atoms with van der Waals surface area (Å²) in [5.74, 6) is -1.03. The molecule has 15 nitrogen and oxygen atoms in total. The van der Waals surface area contributed by atoms with Gasteiger partial charge in [0.15, 0.2) is 23.8 Å². The van der Waals surface area contributed by atoms with Gasteiger partial charge >= 0.3 is 7.60 Å². The number of aliphatic hydroxyl groups is 2. The number of carbonyl (C=O) groups is 2. The summed E-state index contributed by atoms with van der Waals surface area (Å²) < 4.78 is 18.0. The molecule has 2 amide bonds. The molecule has 16 heteroatoms. The molecule has 1 aliphatic rings. The van der Waals surface area contributed by atoms with Gasteiger partial charge in [0.05, 0.1) is 12.5 Å². The first-order valence-corrected chi connectivity index (χ1v) is 12.5. The van der Waals surface area contributed by atoms with E-state index < -0.39 is 50.1 Å². The monoisotopic (exact) mass is 521 g/mol. The van der Waals surface area contributed by atoms with Crippen LogP contribution in [0.1, 0.15) is 18.2 Å². The number of nitrogens with one attached hydrogen (secondary N) is 2. The first-order valence-electron chi connectivity index (χ1n) is 10.7. The van der Waals surface area contributed by atoms with Gasteiger partial charge in [0.1, 0.15) is 24.1 Å². The standard InChI is InChI=1S/C20H24N7O8P/c21-17-13-18(24-8-23-17)27(9-25-13)20-15(30)14(29)16(35-20)19(31)22-6-5-12(28)26-11-3-1-10(2-4-11)7-36(32,33)34/h1-4,8-9,14-16,20,29-30H,5-7H2,(H,22,31)(H,26,28)(H2,21,23,24)(H2,32,33,34)/t14-,15+,16+,20-/m1/s1. The van der Waals surface area contributed by atoms with Crippen molar-refractivity contribution < 1.29 is 38.9 Å². The van der Waals surface area contributed by atoms with Crippen LogP contribution in [0.4, 0.5) is 11.5 Å². The largest absolute Gasteiger partial charge is 0.387 e. The fourth-order valence-electron chi connectivity index (χ4n) is 3.72. The van der Waals surface area contributed by atoms with Crippen LogP contribution in [0.2, 0.25) is 0 Å². The summed E-state index contributed by atoms with van der Waals surface area (Å²) >= 11 is 0. The second-order valence-electron chi connectivity index (χ2n) is 8.12. The number of amides is 2. The quantitative estimate of drug-likeness (QED) is 0.174. The van der Waals surface area contributed by atoms with E-state index in [1.54, 1.807) is 0 Å². The Morgan fingerprint density at radius 1 is 1.11 bits per heavy atom. The second-order valence-corrected chi connectivity index (χ2v) is 9.77. The lowest BCUT2D eigenvalue weighted by atomic mass is 10.1. The van der Waals surface area contributed by atoms with Crippen LogP contribution in [0.15, 0.2) is 36.9 Å². The number of rotatable bonds is 8. The van der Waals surface area contributed by atoms with Crippen LogP contribution in [-0.2, 0) is 25.1 Å². The van der Waals surface area contributed by atoms with E-state index in [1.807, 2.05) is 0 Å². The molecule has 1 aromatic carbocycles. The highest BCUT2D eigenvalue weighted by Gasteiger charge is 2.47. The third kappa shape index (κ3) is 5.67. The van der Waals surface area contributed by atoms with Crippen molar-refractivity contribution in [2.24, 2.45) is 0 Å².